The van der Waals surface area contributed by atoms with Gasteiger partial charge in [-0.25, -0.2) is 4.98 Å². The fourth-order valence-electron chi connectivity index (χ4n) is 2.69. The largest absolute Gasteiger partial charge is 0.384 e. The Hall–Kier alpha value is -1.58. The van der Waals surface area contributed by atoms with Crippen molar-refractivity contribution in [1.82, 2.24) is 4.98 Å². The fraction of sp³-hybridized carbons (Fsp3) is 0.625. The second-order valence-electron chi connectivity index (χ2n) is 6.89. The Balaban J connectivity index is 2.47. The molecular formula is C16H26N4. The van der Waals surface area contributed by atoms with E-state index >= 15 is 0 Å². The molecule has 0 bridgehead atoms. The van der Waals surface area contributed by atoms with Gasteiger partial charge in [-0.1, -0.05) is 20.8 Å². The van der Waals surface area contributed by atoms with Gasteiger partial charge in [-0.3, -0.25) is 5.41 Å². The number of pyridine rings is 1. The molecule has 0 fully saturated rings. The molecule has 1 aromatic rings. The summed E-state index contributed by atoms with van der Waals surface area (Å²) in [6, 6.07) is 2.38. The molecule has 0 saturated heterocycles. The molecule has 1 unspecified atom stereocenters. The van der Waals surface area contributed by atoms with Gasteiger partial charge in [-0.2, -0.15) is 0 Å². The zero-order chi connectivity index (χ0) is 15.1. The first-order valence-corrected chi connectivity index (χ1v) is 7.32. The third-order valence-corrected chi connectivity index (χ3v) is 4.49. The van der Waals surface area contributed by atoms with E-state index in [9.17, 15) is 0 Å². The minimum absolute atomic E-state index is 0.107. The molecule has 4 heteroatoms. The van der Waals surface area contributed by atoms with E-state index in [0.29, 0.717) is 6.04 Å². The quantitative estimate of drug-likeness (QED) is 0.658. The molecule has 0 amide bonds. The van der Waals surface area contributed by atoms with Crippen molar-refractivity contribution in [3.05, 3.63) is 22.9 Å². The smallest absolute Gasteiger partial charge is 0.139 e. The lowest BCUT2D eigenvalue weighted by Crippen LogP contribution is -2.41. The van der Waals surface area contributed by atoms with Crippen LogP contribution in [0.25, 0.3) is 0 Å². The van der Waals surface area contributed by atoms with Crippen LogP contribution in [0.15, 0.2) is 6.07 Å². The van der Waals surface area contributed by atoms with E-state index in [-0.39, 0.29) is 11.3 Å². The maximum Gasteiger partial charge on any atom is 0.139 e. The molecule has 1 aromatic heterocycles. The van der Waals surface area contributed by atoms with Crippen LogP contribution in [0.2, 0.25) is 0 Å². The zero-order valence-corrected chi connectivity index (χ0v) is 13.2. The molecule has 3 N–H and O–H groups in total. The van der Waals surface area contributed by atoms with Gasteiger partial charge in [0.05, 0.1) is 5.56 Å². The molecular weight excluding hydrogens is 248 g/mol. The van der Waals surface area contributed by atoms with Crippen molar-refractivity contribution < 1.29 is 0 Å². The van der Waals surface area contributed by atoms with Gasteiger partial charge in [0.15, 0.2) is 0 Å². The molecule has 0 aliphatic heterocycles. The van der Waals surface area contributed by atoms with Gasteiger partial charge in [-0.05, 0) is 43.2 Å². The maximum atomic E-state index is 7.84. The lowest BCUT2D eigenvalue weighted by molar-refractivity contribution is 0.328. The van der Waals surface area contributed by atoms with Crippen LogP contribution >= 0.6 is 0 Å². The van der Waals surface area contributed by atoms with Crippen molar-refractivity contribution >= 4 is 11.7 Å². The first-order valence-electron chi connectivity index (χ1n) is 7.32. The highest BCUT2D eigenvalue weighted by Gasteiger charge is 2.28. The van der Waals surface area contributed by atoms with Crippen LogP contribution in [-0.4, -0.2) is 23.9 Å². The van der Waals surface area contributed by atoms with Crippen LogP contribution in [0.1, 0.15) is 50.9 Å². The Morgan fingerprint density at radius 1 is 1.40 bits per heavy atom. The van der Waals surface area contributed by atoms with Crippen LogP contribution in [0.3, 0.4) is 0 Å². The summed E-state index contributed by atoms with van der Waals surface area (Å²) in [4.78, 5) is 6.98. The van der Waals surface area contributed by atoms with E-state index in [1.165, 1.54) is 11.3 Å². The monoisotopic (exact) mass is 274 g/mol. The van der Waals surface area contributed by atoms with Crippen LogP contribution < -0.4 is 10.6 Å². The van der Waals surface area contributed by atoms with Gasteiger partial charge in [0.1, 0.15) is 11.7 Å². The summed E-state index contributed by atoms with van der Waals surface area (Å²) in [5.41, 5.74) is 9.12. The van der Waals surface area contributed by atoms with Crippen LogP contribution in [0.4, 0.5) is 5.82 Å². The molecule has 20 heavy (non-hydrogen) atoms. The van der Waals surface area contributed by atoms with Gasteiger partial charge in [0.2, 0.25) is 0 Å². The molecule has 0 saturated carbocycles. The molecule has 110 valence electrons. The number of anilines is 1. The Morgan fingerprint density at radius 2 is 2.05 bits per heavy atom. The number of nitrogen functional groups attached to an aromatic ring is 1. The molecule has 2 rings (SSSR count). The van der Waals surface area contributed by atoms with Crippen LogP contribution in [0.5, 0.6) is 0 Å². The van der Waals surface area contributed by atoms with Crippen molar-refractivity contribution in [1.29, 1.82) is 5.41 Å². The van der Waals surface area contributed by atoms with Gasteiger partial charge >= 0.3 is 0 Å². The van der Waals surface area contributed by atoms with Crippen molar-refractivity contribution in [2.75, 3.05) is 11.9 Å². The highest BCUT2D eigenvalue weighted by atomic mass is 15.2. The predicted octanol–water partition coefficient (Wildman–Crippen LogP) is 2.73. The number of aromatic nitrogens is 1. The Bertz CT molecular complexity index is 528. The lowest BCUT2D eigenvalue weighted by Gasteiger charge is -2.37. The van der Waals surface area contributed by atoms with Crippen molar-refractivity contribution in [2.45, 2.75) is 53.0 Å². The zero-order valence-electron chi connectivity index (χ0n) is 13.2. The minimum Gasteiger partial charge on any atom is -0.384 e. The molecule has 0 aromatic carbocycles. The molecule has 0 radical (unpaired) electrons. The number of hydrogen-bond acceptors (Lipinski definition) is 3. The van der Waals surface area contributed by atoms with Crippen LogP contribution in [0, 0.1) is 10.8 Å². The number of amidine groups is 1. The Kier molecular flexibility index (Phi) is 3.76. The van der Waals surface area contributed by atoms with E-state index in [1.54, 1.807) is 0 Å². The number of rotatable bonds is 3. The van der Waals surface area contributed by atoms with Crippen LogP contribution in [-0.2, 0) is 12.8 Å². The second-order valence-corrected chi connectivity index (χ2v) is 6.89. The van der Waals surface area contributed by atoms with Crippen molar-refractivity contribution in [3.63, 3.8) is 0 Å². The summed E-state index contributed by atoms with van der Waals surface area (Å²) in [6.07, 6.45) is 3.25. The van der Waals surface area contributed by atoms with Gasteiger partial charge in [0, 0.05) is 18.8 Å². The number of fused-ring (bicyclic) bond motifs is 1. The summed E-state index contributed by atoms with van der Waals surface area (Å²) in [7, 11) is 2.05. The summed E-state index contributed by atoms with van der Waals surface area (Å²) in [6.45, 7) is 8.84. The third-order valence-electron chi connectivity index (χ3n) is 4.49. The summed E-state index contributed by atoms with van der Waals surface area (Å²) >= 11 is 0. The fourth-order valence-corrected chi connectivity index (χ4v) is 2.69. The SMILES string of the molecule is CC(N(C)c1nc2c(cc1C(=N)N)CCC2)C(C)(C)C. The average molecular weight is 274 g/mol. The van der Waals surface area contributed by atoms with E-state index in [2.05, 4.69) is 38.7 Å². The predicted molar refractivity (Wildman–Crippen MR) is 84.6 cm³/mol. The normalized spacial score (nSPS) is 15.8. The summed E-state index contributed by atoms with van der Waals surface area (Å²) in [5, 5.41) is 7.84. The highest BCUT2D eigenvalue weighted by molar-refractivity contribution is 6.00. The number of hydrogen-bond donors (Lipinski definition) is 2. The molecule has 1 atom stereocenters. The van der Waals surface area contributed by atoms with E-state index in [4.69, 9.17) is 16.1 Å². The standard InChI is InChI=1S/C16H26N4/c1-10(16(2,3)4)20(5)15-12(14(17)18)9-11-7-6-8-13(11)19-15/h9-10H,6-8H2,1-5H3,(H3,17,18). The van der Waals surface area contributed by atoms with Gasteiger partial charge in [-0.15, -0.1) is 0 Å². The Morgan fingerprint density at radius 3 is 2.60 bits per heavy atom. The van der Waals surface area contributed by atoms with E-state index in [0.717, 1.165) is 30.6 Å². The van der Waals surface area contributed by atoms with E-state index in [1.807, 2.05) is 7.05 Å². The highest BCUT2D eigenvalue weighted by Crippen LogP contribution is 2.31. The first-order chi connectivity index (χ1) is 9.21. The number of aryl methyl sites for hydroxylation is 2. The minimum atomic E-state index is 0.107. The molecule has 1 aliphatic rings. The summed E-state index contributed by atoms with van der Waals surface area (Å²) < 4.78 is 0. The third kappa shape index (κ3) is 2.65. The molecule has 1 heterocycles. The number of nitrogens with two attached hydrogens (primary N) is 1. The topological polar surface area (TPSA) is 66.0 Å². The number of nitrogens with one attached hydrogen (secondary N) is 1. The second kappa shape index (κ2) is 5.08. The number of nitrogens with zero attached hydrogens (tertiary/aromatic N) is 2. The average Bonchev–Trinajstić information content (AvgIpc) is 2.81. The lowest BCUT2D eigenvalue weighted by atomic mass is 9.87. The maximum absolute atomic E-state index is 7.84. The van der Waals surface area contributed by atoms with Gasteiger partial charge < -0.3 is 10.6 Å². The van der Waals surface area contributed by atoms with Crippen molar-refractivity contribution in [2.24, 2.45) is 11.1 Å². The molecule has 1 aliphatic carbocycles. The summed E-state index contributed by atoms with van der Waals surface area (Å²) in [5.74, 6) is 0.954. The van der Waals surface area contributed by atoms with E-state index < -0.39 is 0 Å². The molecule has 0 spiro atoms. The van der Waals surface area contributed by atoms with Gasteiger partial charge in [0.25, 0.3) is 0 Å². The first kappa shape index (κ1) is 14.8. The Labute approximate surface area is 121 Å². The van der Waals surface area contributed by atoms with Crippen molar-refractivity contribution in [3.8, 4) is 0 Å². The molecule has 4 nitrogen and oxygen atoms in total.